The van der Waals surface area contributed by atoms with Gasteiger partial charge in [0.1, 0.15) is 5.82 Å². The fourth-order valence-corrected chi connectivity index (χ4v) is 2.22. The summed E-state index contributed by atoms with van der Waals surface area (Å²) in [4.78, 5) is 8.97. The molecule has 2 rings (SSSR count). The molecule has 1 aromatic heterocycles. The quantitative estimate of drug-likeness (QED) is 0.765. The number of aromatic nitrogens is 2. The van der Waals surface area contributed by atoms with Gasteiger partial charge in [-0.15, -0.1) is 0 Å². The van der Waals surface area contributed by atoms with E-state index in [2.05, 4.69) is 52.6 Å². The lowest BCUT2D eigenvalue weighted by Crippen LogP contribution is -2.08. The Kier molecular flexibility index (Phi) is 5.72. The van der Waals surface area contributed by atoms with E-state index in [-0.39, 0.29) is 0 Å². The van der Waals surface area contributed by atoms with Crippen molar-refractivity contribution < 1.29 is 4.74 Å². The number of ether oxygens (including phenoxy) is 1. The topological polar surface area (TPSA) is 59.1 Å². The first-order valence-corrected chi connectivity index (χ1v) is 7.51. The van der Waals surface area contributed by atoms with Crippen molar-refractivity contribution in [3.63, 3.8) is 0 Å². The fraction of sp³-hybridized carbons (Fsp3) is 0.412. The average Bonchev–Trinajstić information content (AvgIpc) is 2.46. The van der Waals surface area contributed by atoms with E-state index < -0.39 is 0 Å². The second-order valence-electron chi connectivity index (χ2n) is 5.43. The summed E-state index contributed by atoms with van der Waals surface area (Å²) in [6.45, 7) is 7.70. The normalized spacial score (nSPS) is 10.5. The van der Waals surface area contributed by atoms with E-state index in [1.165, 1.54) is 11.1 Å². The predicted octanol–water partition coefficient (Wildman–Crippen LogP) is 3.59. The van der Waals surface area contributed by atoms with E-state index in [9.17, 15) is 0 Å². The van der Waals surface area contributed by atoms with E-state index in [4.69, 9.17) is 4.74 Å². The highest BCUT2D eigenvalue weighted by Crippen LogP contribution is 2.20. The number of aryl methyl sites for hydroxylation is 3. The molecule has 0 bridgehead atoms. The number of benzene rings is 1. The molecule has 0 amide bonds. The Bertz CT molecular complexity index is 628. The van der Waals surface area contributed by atoms with Gasteiger partial charge in [-0.25, -0.2) is 4.98 Å². The van der Waals surface area contributed by atoms with Crippen LogP contribution >= 0.6 is 0 Å². The molecule has 118 valence electrons. The Balaban J connectivity index is 2.08. The van der Waals surface area contributed by atoms with Crippen molar-refractivity contribution in [2.75, 3.05) is 30.9 Å². The summed E-state index contributed by atoms with van der Waals surface area (Å²) >= 11 is 0. The SMILES string of the molecule is COCCCNc1cc(C)nc(Nc2ccc(C)cc2C)n1. The zero-order valence-corrected chi connectivity index (χ0v) is 13.7. The van der Waals surface area contributed by atoms with E-state index in [1.54, 1.807) is 7.11 Å². The molecule has 0 saturated carbocycles. The maximum absolute atomic E-state index is 5.04. The van der Waals surface area contributed by atoms with E-state index in [1.807, 2.05) is 13.0 Å². The Morgan fingerprint density at radius 1 is 1.09 bits per heavy atom. The average molecular weight is 300 g/mol. The monoisotopic (exact) mass is 300 g/mol. The van der Waals surface area contributed by atoms with Gasteiger partial charge in [-0.3, -0.25) is 0 Å². The predicted molar refractivity (Wildman–Crippen MR) is 91.0 cm³/mol. The van der Waals surface area contributed by atoms with Gasteiger partial charge in [0, 0.05) is 37.7 Å². The van der Waals surface area contributed by atoms with Crippen LogP contribution in [0.2, 0.25) is 0 Å². The van der Waals surface area contributed by atoms with Crippen LogP contribution in [-0.4, -0.2) is 30.2 Å². The van der Waals surface area contributed by atoms with Crippen LogP contribution in [-0.2, 0) is 4.74 Å². The van der Waals surface area contributed by atoms with E-state index in [0.717, 1.165) is 36.8 Å². The van der Waals surface area contributed by atoms with Gasteiger partial charge in [-0.2, -0.15) is 4.98 Å². The second kappa shape index (κ2) is 7.75. The lowest BCUT2D eigenvalue weighted by molar-refractivity contribution is 0.198. The maximum atomic E-state index is 5.04. The van der Waals surface area contributed by atoms with Crippen molar-refractivity contribution >= 4 is 17.5 Å². The van der Waals surface area contributed by atoms with Gasteiger partial charge in [0.25, 0.3) is 0 Å². The molecule has 1 aromatic carbocycles. The Labute approximate surface area is 132 Å². The van der Waals surface area contributed by atoms with Crippen LogP contribution in [0.3, 0.4) is 0 Å². The minimum Gasteiger partial charge on any atom is -0.385 e. The number of hydrogen-bond acceptors (Lipinski definition) is 5. The van der Waals surface area contributed by atoms with Gasteiger partial charge < -0.3 is 15.4 Å². The van der Waals surface area contributed by atoms with Gasteiger partial charge >= 0.3 is 0 Å². The first-order valence-electron chi connectivity index (χ1n) is 7.51. The summed E-state index contributed by atoms with van der Waals surface area (Å²) in [7, 11) is 1.71. The molecule has 1 heterocycles. The lowest BCUT2D eigenvalue weighted by Gasteiger charge is -2.12. The molecule has 0 atom stereocenters. The Morgan fingerprint density at radius 2 is 1.91 bits per heavy atom. The first kappa shape index (κ1) is 16.2. The van der Waals surface area contributed by atoms with Crippen LogP contribution < -0.4 is 10.6 Å². The van der Waals surface area contributed by atoms with E-state index in [0.29, 0.717) is 5.95 Å². The molecule has 0 unspecified atom stereocenters. The highest BCUT2D eigenvalue weighted by Gasteiger charge is 2.05. The summed E-state index contributed by atoms with van der Waals surface area (Å²) in [5, 5.41) is 6.59. The molecule has 0 aliphatic rings. The van der Waals surface area contributed by atoms with Gasteiger partial charge in [0.2, 0.25) is 5.95 Å². The van der Waals surface area contributed by atoms with Crippen LogP contribution in [0.25, 0.3) is 0 Å². The molecule has 0 radical (unpaired) electrons. The third-order valence-corrected chi connectivity index (χ3v) is 3.31. The third kappa shape index (κ3) is 4.70. The zero-order valence-electron chi connectivity index (χ0n) is 13.7. The molecular weight excluding hydrogens is 276 g/mol. The van der Waals surface area contributed by atoms with Crippen molar-refractivity contribution in [1.82, 2.24) is 9.97 Å². The van der Waals surface area contributed by atoms with Gasteiger partial charge in [-0.1, -0.05) is 17.7 Å². The smallest absolute Gasteiger partial charge is 0.229 e. The largest absolute Gasteiger partial charge is 0.385 e. The maximum Gasteiger partial charge on any atom is 0.229 e. The molecule has 5 heteroatoms. The first-order chi connectivity index (χ1) is 10.6. The highest BCUT2D eigenvalue weighted by molar-refractivity contribution is 5.60. The molecular formula is C17H24N4O. The molecule has 0 aliphatic heterocycles. The number of nitrogens with one attached hydrogen (secondary N) is 2. The van der Waals surface area contributed by atoms with Crippen molar-refractivity contribution in [2.45, 2.75) is 27.2 Å². The van der Waals surface area contributed by atoms with Gasteiger partial charge in [-0.05, 0) is 38.8 Å². The molecule has 0 fully saturated rings. The molecule has 0 saturated heterocycles. The molecule has 5 nitrogen and oxygen atoms in total. The summed E-state index contributed by atoms with van der Waals surface area (Å²) < 4.78 is 5.04. The lowest BCUT2D eigenvalue weighted by atomic mass is 10.1. The Morgan fingerprint density at radius 3 is 2.64 bits per heavy atom. The number of hydrogen-bond donors (Lipinski definition) is 2. The third-order valence-electron chi connectivity index (χ3n) is 3.31. The van der Waals surface area contributed by atoms with E-state index >= 15 is 0 Å². The number of methoxy groups -OCH3 is 1. The zero-order chi connectivity index (χ0) is 15.9. The highest BCUT2D eigenvalue weighted by atomic mass is 16.5. The summed E-state index contributed by atoms with van der Waals surface area (Å²) in [6.07, 6.45) is 0.944. The van der Waals surface area contributed by atoms with Crippen LogP contribution in [0.1, 0.15) is 23.2 Å². The molecule has 2 N–H and O–H groups in total. The molecule has 2 aromatic rings. The number of nitrogens with zero attached hydrogens (tertiary/aromatic N) is 2. The van der Waals surface area contributed by atoms with Crippen LogP contribution in [0, 0.1) is 20.8 Å². The van der Waals surface area contributed by atoms with Crippen molar-refractivity contribution in [2.24, 2.45) is 0 Å². The second-order valence-corrected chi connectivity index (χ2v) is 5.43. The fourth-order valence-electron chi connectivity index (χ4n) is 2.22. The number of anilines is 3. The summed E-state index contributed by atoms with van der Waals surface area (Å²) in [6, 6.07) is 8.22. The summed E-state index contributed by atoms with van der Waals surface area (Å²) in [5.41, 5.74) is 4.38. The van der Waals surface area contributed by atoms with Gasteiger partial charge in [0.05, 0.1) is 0 Å². The minimum atomic E-state index is 0.612. The standard InChI is InChI=1S/C17H24N4O/c1-12-6-7-15(13(2)10-12)20-17-19-14(3)11-16(21-17)18-8-5-9-22-4/h6-7,10-11H,5,8-9H2,1-4H3,(H2,18,19,20,21). The van der Waals surface area contributed by atoms with Crippen LogP contribution in [0.4, 0.5) is 17.5 Å². The van der Waals surface area contributed by atoms with Crippen LogP contribution in [0.5, 0.6) is 0 Å². The van der Waals surface area contributed by atoms with Crippen LogP contribution in [0.15, 0.2) is 24.3 Å². The van der Waals surface area contributed by atoms with Crippen molar-refractivity contribution in [3.05, 3.63) is 41.1 Å². The molecule has 22 heavy (non-hydrogen) atoms. The number of rotatable bonds is 7. The Hall–Kier alpha value is -2.14. The molecule has 0 spiro atoms. The van der Waals surface area contributed by atoms with Crippen molar-refractivity contribution in [3.8, 4) is 0 Å². The van der Waals surface area contributed by atoms with Gasteiger partial charge in [0.15, 0.2) is 0 Å². The van der Waals surface area contributed by atoms with Crippen molar-refractivity contribution in [1.29, 1.82) is 0 Å². The minimum absolute atomic E-state index is 0.612. The molecule has 0 aliphatic carbocycles. The summed E-state index contributed by atoms with van der Waals surface area (Å²) in [5.74, 6) is 1.44.